The van der Waals surface area contributed by atoms with E-state index in [2.05, 4.69) is 5.10 Å². The van der Waals surface area contributed by atoms with Crippen LogP contribution in [0.5, 0.6) is 5.75 Å². The lowest BCUT2D eigenvalue weighted by molar-refractivity contribution is -0.113. The van der Waals surface area contributed by atoms with Gasteiger partial charge in [0.1, 0.15) is 5.69 Å². The van der Waals surface area contributed by atoms with E-state index >= 15 is 0 Å². The van der Waals surface area contributed by atoms with Crippen LogP contribution in [0.1, 0.15) is 31.2 Å². The van der Waals surface area contributed by atoms with Crippen molar-refractivity contribution in [1.29, 1.82) is 0 Å². The summed E-state index contributed by atoms with van der Waals surface area (Å²) in [4.78, 5) is 0. The Hall–Kier alpha value is -2.05. The Morgan fingerprint density at radius 3 is 2.40 bits per heavy atom. The number of halogens is 3. The van der Waals surface area contributed by atoms with Crippen LogP contribution < -0.4 is 5.41 Å². The van der Waals surface area contributed by atoms with Gasteiger partial charge in [-0.15, -0.1) is 0 Å². The molecule has 0 fully saturated rings. The monoisotopic (exact) mass is 286 g/mol. The van der Waals surface area contributed by atoms with Gasteiger partial charge < -0.3 is 5.11 Å². The zero-order valence-corrected chi connectivity index (χ0v) is 11.1. The minimum atomic E-state index is -4.30. The summed E-state index contributed by atoms with van der Waals surface area (Å²) in [6, 6.07) is 0. The molecular formula is C13H15F3N3O+. The van der Waals surface area contributed by atoms with Gasteiger partial charge in [-0.25, -0.2) is 0 Å². The number of hydrogen-bond donors (Lipinski definition) is 2. The molecule has 0 aromatic carbocycles. The molecule has 4 nitrogen and oxygen atoms in total. The topological polar surface area (TPSA) is 63.6 Å². The van der Waals surface area contributed by atoms with Crippen molar-refractivity contribution in [1.82, 2.24) is 9.78 Å². The van der Waals surface area contributed by atoms with Crippen LogP contribution in [0.4, 0.5) is 13.2 Å². The molecule has 0 radical (unpaired) electrons. The summed E-state index contributed by atoms with van der Waals surface area (Å²) in [5.41, 5.74) is 1.06. The van der Waals surface area contributed by atoms with Crippen molar-refractivity contribution in [2.24, 2.45) is 7.05 Å². The number of nitrogens with two attached hydrogens (primary N) is 1. The summed E-state index contributed by atoms with van der Waals surface area (Å²) in [6.07, 6.45) is -1.80. The van der Waals surface area contributed by atoms with E-state index in [9.17, 15) is 18.3 Å². The third-order valence-electron chi connectivity index (χ3n) is 3.21. The van der Waals surface area contributed by atoms with Gasteiger partial charge in [0, 0.05) is 19.5 Å². The molecule has 3 N–H and O–H groups in total. The van der Waals surface area contributed by atoms with E-state index in [4.69, 9.17) is 5.41 Å². The second kappa shape index (κ2) is 4.81. The van der Waals surface area contributed by atoms with Crippen molar-refractivity contribution in [3.05, 3.63) is 29.1 Å². The maximum absolute atomic E-state index is 12.6. The number of alkyl halides is 3. The predicted molar refractivity (Wildman–Crippen MR) is 67.9 cm³/mol. The quantitative estimate of drug-likeness (QED) is 0.806. The molecule has 7 heteroatoms. The van der Waals surface area contributed by atoms with Gasteiger partial charge in [0.05, 0.1) is 0 Å². The van der Waals surface area contributed by atoms with Gasteiger partial charge in [-0.2, -0.15) is 18.3 Å². The van der Waals surface area contributed by atoms with Crippen molar-refractivity contribution < 1.29 is 23.7 Å². The first-order valence-electron chi connectivity index (χ1n) is 6.04. The molecule has 1 aliphatic rings. The minimum absolute atomic E-state index is 0.0948. The molecule has 0 saturated heterocycles. The largest absolute Gasteiger partial charge is 0.504 e. The molecule has 0 spiro atoms. The zero-order valence-electron chi connectivity index (χ0n) is 11.1. The van der Waals surface area contributed by atoms with E-state index in [0.717, 1.165) is 6.08 Å². The zero-order chi connectivity index (χ0) is 15.1. The Kier molecular flexibility index (Phi) is 3.45. The fourth-order valence-electron chi connectivity index (χ4n) is 2.21. The molecule has 1 aliphatic carbocycles. The van der Waals surface area contributed by atoms with E-state index in [1.165, 1.54) is 10.8 Å². The van der Waals surface area contributed by atoms with Crippen molar-refractivity contribution in [2.45, 2.75) is 25.9 Å². The number of rotatable bonds is 2. The molecule has 0 bridgehead atoms. The van der Waals surface area contributed by atoms with E-state index in [1.54, 1.807) is 14.0 Å². The fourth-order valence-corrected chi connectivity index (χ4v) is 2.21. The number of allylic oxidation sites excluding steroid dienone is 4. The summed E-state index contributed by atoms with van der Waals surface area (Å²) in [7, 11) is 1.62. The van der Waals surface area contributed by atoms with E-state index in [1.807, 2.05) is 0 Å². The highest BCUT2D eigenvalue weighted by Crippen LogP contribution is 2.38. The molecule has 1 aromatic rings. The summed E-state index contributed by atoms with van der Waals surface area (Å²) in [5, 5.41) is 19.8. The van der Waals surface area contributed by atoms with Gasteiger partial charge in [0.25, 0.3) is 0 Å². The first-order valence-corrected chi connectivity index (χ1v) is 6.04. The number of nitrogens with zero attached hydrogens (tertiary/aromatic N) is 2. The third kappa shape index (κ3) is 2.48. The second-order valence-electron chi connectivity index (χ2n) is 4.73. The third-order valence-corrected chi connectivity index (χ3v) is 3.21. The summed E-state index contributed by atoms with van der Waals surface area (Å²) in [5.74, 6) is -0.0948. The summed E-state index contributed by atoms with van der Waals surface area (Å²) in [6.45, 7) is 1.60. The Labute approximate surface area is 113 Å². The maximum Gasteiger partial charge on any atom is 0.412 e. The van der Waals surface area contributed by atoms with Gasteiger partial charge in [-0.3, -0.25) is 10.1 Å². The van der Waals surface area contributed by atoms with Crippen LogP contribution in [-0.4, -0.2) is 26.8 Å². The molecule has 20 heavy (non-hydrogen) atoms. The van der Waals surface area contributed by atoms with E-state index in [-0.39, 0.29) is 24.3 Å². The molecule has 0 amide bonds. The van der Waals surface area contributed by atoms with Crippen LogP contribution in [0.2, 0.25) is 0 Å². The summed E-state index contributed by atoms with van der Waals surface area (Å²) >= 11 is 0. The lowest BCUT2D eigenvalue weighted by Gasteiger charge is -2.17. The second-order valence-corrected chi connectivity index (χ2v) is 4.73. The average Bonchev–Trinajstić information content (AvgIpc) is 2.64. The molecule has 1 heterocycles. The lowest BCUT2D eigenvalue weighted by Crippen LogP contribution is -2.38. The maximum atomic E-state index is 12.6. The average molecular weight is 286 g/mol. The van der Waals surface area contributed by atoms with Gasteiger partial charge in [0.2, 0.25) is 5.71 Å². The highest BCUT2D eigenvalue weighted by atomic mass is 19.4. The van der Waals surface area contributed by atoms with Gasteiger partial charge in [-0.05, 0) is 18.4 Å². The van der Waals surface area contributed by atoms with Gasteiger partial charge in [-0.1, -0.05) is 12.2 Å². The Morgan fingerprint density at radius 2 is 2.00 bits per heavy atom. The Balaban J connectivity index is 2.42. The van der Waals surface area contributed by atoms with Crippen LogP contribution >= 0.6 is 0 Å². The van der Waals surface area contributed by atoms with Crippen LogP contribution in [0, 0.1) is 0 Å². The smallest absolute Gasteiger partial charge is 0.412 e. The Morgan fingerprint density at radius 1 is 1.35 bits per heavy atom. The van der Waals surface area contributed by atoms with E-state index < -0.39 is 11.7 Å². The predicted octanol–water partition coefficient (Wildman–Crippen LogP) is 1.36. The van der Waals surface area contributed by atoms with Crippen molar-refractivity contribution in [3.8, 4) is 5.75 Å². The van der Waals surface area contributed by atoms with Crippen LogP contribution in [0.25, 0.3) is 5.57 Å². The molecule has 0 atom stereocenters. The molecule has 108 valence electrons. The van der Waals surface area contributed by atoms with Crippen LogP contribution in [0.15, 0.2) is 17.7 Å². The molecule has 1 aromatic heterocycles. The number of aromatic hydroxyl groups is 1. The summed E-state index contributed by atoms with van der Waals surface area (Å²) < 4.78 is 39.1. The van der Waals surface area contributed by atoms with Crippen LogP contribution in [0.3, 0.4) is 0 Å². The molecule has 0 unspecified atom stereocenters. The molecule has 2 rings (SSSR count). The van der Waals surface area contributed by atoms with Gasteiger partial charge >= 0.3 is 6.18 Å². The van der Waals surface area contributed by atoms with Crippen molar-refractivity contribution in [3.63, 3.8) is 0 Å². The number of aromatic nitrogens is 2. The van der Waals surface area contributed by atoms with Gasteiger partial charge in [0.15, 0.2) is 11.4 Å². The lowest BCUT2D eigenvalue weighted by atomic mass is 9.95. The fraction of sp³-hybridized carbons (Fsp3) is 0.385. The highest BCUT2D eigenvalue weighted by molar-refractivity contribution is 5.96. The van der Waals surface area contributed by atoms with Crippen molar-refractivity contribution in [2.75, 3.05) is 0 Å². The van der Waals surface area contributed by atoms with Crippen molar-refractivity contribution >= 4 is 11.3 Å². The standard InChI is InChI=1S/C13H14F3N3O/c1-7(17)10-12(20)11(19(2)18-10)8-3-5-9(6-4-8)13(14,15)16/h3,5,17,20H,4,6H2,1-2H3/p+1. The minimum Gasteiger partial charge on any atom is -0.504 e. The molecule has 0 saturated carbocycles. The molecule has 0 aliphatic heterocycles. The first-order chi connectivity index (χ1) is 9.21. The first kappa shape index (κ1) is 14.4. The number of hydrogen-bond acceptors (Lipinski definition) is 2. The Bertz CT molecular complexity index is 624. The SMILES string of the molecule is CC(=[NH2+])c1nn(C)c(C2=CC=C(C(F)(F)F)CC2)c1O. The highest BCUT2D eigenvalue weighted by Gasteiger charge is 2.34. The molecular weight excluding hydrogens is 271 g/mol. The normalized spacial score (nSPS) is 15.8. The number of aryl methyl sites for hydroxylation is 1. The van der Waals surface area contributed by atoms with Crippen LogP contribution in [-0.2, 0) is 7.05 Å². The van der Waals surface area contributed by atoms with E-state index in [0.29, 0.717) is 17.0 Å².